The number of hydrogen-bond donors (Lipinski definition) is 2. The number of hydrogen-bond acceptors (Lipinski definition) is 6. The number of carboxylic acids is 1. The highest BCUT2D eigenvalue weighted by Crippen LogP contribution is 2.23. The molecule has 2 heterocycles. The van der Waals surface area contributed by atoms with E-state index in [0.717, 1.165) is 44.3 Å². The van der Waals surface area contributed by atoms with E-state index in [1.165, 1.54) is 0 Å². The fourth-order valence-corrected chi connectivity index (χ4v) is 3.02. The quantitative estimate of drug-likeness (QED) is 0.473. The van der Waals surface area contributed by atoms with Gasteiger partial charge in [0.1, 0.15) is 5.82 Å². The molecule has 2 N–H and O–H groups in total. The number of ether oxygens (including phenoxy) is 3. The topological polar surface area (TPSA) is 107 Å². The van der Waals surface area contributed by atoms with Crippen molar-refractivity contribution in [3.05, 3.63) is 17.7 Å². The Hall–Kier alpha value is -2.19. The van der Waals surface area contributed by atoms with Gasteiger partial charge in [-0.1, -0.05) is 20.8 Å². The average molecular weight is 437 g/mol. The molecule has 0 radical (unpaired) electrons. The Bertz CT molecular complexity index is 711. The highest BCUT2D eigenvalue weighted by atomic mass is 16.7. The summed E-state index contributed by atoms with van der Waals surface area (Å²) in [7, 11) is 0. The first-order valence-corrected chi connectivity index (χ1v) is 11.1. The molecule has 0 aromatic carbocycles. The summed E-state index contributed by atoms with van der Waals surface area (Å²) >= 11 is 0. The molecule has 1 aromatic heterocycles. The Balaban J connectivity index is 1.84. The fourth-order valence-electron chi connectivity index (χ4n) is 3.02. The number of anilines is 1. The van der Waals surface area contributed by atoms with Gasteiger partial charge in [-0.2, -0.15) is 4.98 Å². The van der Waals surface area contributed by atoms with Crippen LogP contribution in [0.1, 0.15) is 71.3 Å². The number of aromatic nitrogens is 1. The van der Waals surface area contributed by atoms with Gasteiger partial charge in [0.2, 0.25) is 11.8 Å². The summed E-state index contributed by atoms with van der Waals surface area (Å²) in [6.07, 6.45) is 5.89. The molecule has 8 heteroatoms. The van der Waals surface area contributed by atoms with E-state index in [-0.39, 0.29) is 18.6 Å². The average Bonchev–Trinajstić information content (AvgIpc) is 2.71. The van der Waals surface area contributed by atoms with Crippen molar-refractivity contribution in [1.82, 2.24) is 4.98 Å². The summed E-state index contributed by atoms with van der Waals surface area (Å²) in [5.74, 6) is -0.130. The fraction of sp³-hybridized carbons (Fsp3) is 0.696. The van der Waals surface area contributed by atoms with Gasteiger partial charge in [0.15, 0.2) is 6.29 Å². The molecule has 1 amide bonds. The van der Waals surface area contributed by atoms with Crippen LogP contribution >= 0.6 is 0 Å². The molecule has 174 valence electrons. The van der Waals surface area contributed by atoms with Gasteiger partial charge in [-0.25, -0.2) is 0 Å². The molecular formula is C23H36N2O6. The van der Waals surface area contributed by atoms with Crippen LogP contribution in [0.3, 0.4) is 0 Å². The molecule has 0 aliphatic carbocycles. The lowest BCUT2D eigenvalue weighted by Gasteiger charge is -2.22. The van der Waals surface area contributed by atoms with Gasteiger partial charge in [0.05, 0.1) is 6.61 Å². The zero-order valence-electron chi connectivity index (χ0n) is 18.9. The van der Waals surface area contributed by atoms with Crippen LogP contribution in [0, 0.1) is 5.41 Å². The second-order valence-electron chi connectivity index (χ2n) is 8.83. The van der Waals surface area contributed by atoms with Crippen molar-refractivity contribution < 1.29 is 28.9 Å². The lowest BCUT2D eigenvalue weighted by molar-refractivity contribution is -0.162. The predicted molar refractivity (Wildman–Crippen MR) is 117 cm³/mol. The highest BCUT2D eigenvalue weighted by Gasteiger charge is 2.23. The summed E-state index contributed by atoms with van der Waals surface area (Å²) in [6.45, 7) is 7.39. The molecule has 0 bridgehead atoms. The number of carbonyl (C=O) groups is 2. The Labute approximate surface area is 184 Å². The van der Waals surface area contributed by atoms with Crippen molar-refractivity contribution in [2.45, 2.75) is 78.4 Å². The molecule has 1 atom stereocenters. The Kier molecular flexibility index (Phi) is 10.2. The predicted octanol–water partition coefficient (Wildman–Crippen LogP) is 4.18. The van der Waals surface area contributed by atoms with Crippen LogP contribution in [0.5, 0.6) is 5.88 Å². The lowest BCUT2D eigenvalue weighted by atomic mass is 9.95. The maximum absolute atomic E-state index is 12.4. The first-order valence-electron chi connectivity index (χ1n) is 11.1. The molecule has 2 rings (SSSR count). The van der Waals surface area contributed by atoms with Crippen LogP contribution in [0.4, 0.5) is 5.82 Å². The van der Waals surface area contributed by atoms with Crippen molar-refractivity contribution in [2.24, 2.45) is 5.41 Å². The molecule has 1 aromatic rings. The molecule has 1 saturated heterocycles. The van der Waals surface area contributed by atoms with Crippen LogP contribution < -0.4 is 10.1 Å². The number of carboxylic acid groups (broad SMARTS) is 1. The van der Waals surface area contributed by atoms with E-state index in [2.05, 4.69) is 10.3 Å². The summed E-state index contributed by atoms with van der Waals surface area (Å²) in [5.41, 5.74) is 0.228. The third-order valence-electron chi connectivity index (χ3n) is 4.93. The molecular weight excluding hydrogens is 400 g/mol. The van der Waals surface area contributed by atoms with E-state index in [1.807, 2.05) is 26.8 Å². The van der Waals surface area contributed by atoms with Crippen molar-refractivity contribution in [2.75, 3.05) is 25.1 Å². The van der Waals surface area contributed by atoms with Gasteiger partial charge in [-0.15, -0.1) is 0 Å². The third-order valence-corrected chi connectivity index (χ3v) is 4.93. The minimum Gasteiger partial charge on any atom is -0.481 e. The van der Waals surface area contributed by atoms with Crippen molar-refractivity contribution >= 4 is 17.7 Å². The van der Waals surface area contributed by atoms with Crippen molar-refractivity contribution in [3.8, 4) is 5.88 Å². The minimum absolute atomic E-state index is 0.0683. The van der Waals surface area contributed by atoms with Crippen molar-refractivity contribution in [1.29, 1.82) is 0 Å². The number of rotatable bonds is 12. The Morgan fingerprint density at radius 1 is 1.19 bits per heavy atom. The van der Waals surface area contributed by atoms with Gasteiger partial charge >= 0.3 is 5.97 Å². The van der Waals surface area contributed by atoms with Gasteiger partial charge in [-0.3, -0.25) is 9.59 Å². The Morgan fingerprint density at radius 3 is 2.65 bits per heavy atom. The normalized spacial score (nSPS) is 16.7. The molecule has 1 fully saturated rings. The molecule has 1 aliphatic rings. The largest absolute Gasteiger partial charge is 0.481 e. The van der Waals surface area contributed by atoms with Gasteiger partial charge in [-0.05, 0) is 56.6 Å². The van der Waals surface area contributed by atoms with E-state index >= 15 is 0 Å². The SMILES string of the molecule is CC(C)(C)C(=O)Nc1nc(OCCCCOC2CCCCO2)ccc1CCCC(=O)O. The molecule has 1 unspecified atom stereocenters. The number of carbonyl (C=O) groups excluding carboxylic acids is 1. The van der Waals surface area contributed by atoms with Crippen LogP contribution in [0.15, 0.2) is 12.1 Å². The van der Waals surface area contributed by atoms with Crippen molar-refractivity contribution in [3.63, 3.8) is 0 Å². The maximum atomic E-state index is 12.4. The molecule has 1 aliphatic heterocycles. The van der Waals surface area contributed by atoms with Crippen LogP contribution in [-0.4, -0.2) is 48.1 Å². The van der Waals surface area contributed by atoms with Gasteiger partial charge < -0.3 is 24.6 Å². The molecule has 8 nitrogen and oxygen atoms in total. The molecule has 0 saturated carbocycles. The van der Waals surface area contributed by atoms with E-state index in [0.29, 0.717) is 37.8 Å². The molecule has 0 spiro atoms. The monoisotopic (exact) mass is 436 g/mol. The first kappa shape index (κ1) is 25.1. The van der Waals surface area contributed by atoms with E-state index in [9.17, 15) is 9.59 Å². The number of unbranched alkanes of at least 4 members (excludes halogenated alkanes) is 1. The number of aliphatic carboxylic acids is 1. The zero-order chi connectivity index (χ0) is 22.7. The minimum atomic E-state index is -0.841. The standard InChI is InChI=1S/C23H36N2O6/c1-23(2,3)22(28)25-21-17(9-8-10-19(26)27)12-13-18(24-21)29-14-6-7-16-31-20-11-4-5-15-30-20/h12-13,20H,4-11,14-16H2,1-3H3,(H,26,27)(H,24,25,28). The summed E-state index contributed by atoms with van der Waals surface area (Å²) in [5, 5.41) is 11.7. The number of nitrogens with zero attached hydrogens (tertiary/aromatic N) is 1. The molecule has 31 heavy (non-hydrogen) atoms. The number of pyridine rings is 1. The van der Waals surface area contributed by atoms with Gasteiger partial charge in [0, 0.05) is 31.1 Å². The smallest absolute Gasteiger partial charge is 0.303 e. The van der Waals surface area contributed by atoms with Crippen LogP contribution in [0.25, 0.3) is 0 Å². The van der Waals surface area contributed by atoms with E-state index in [4.69, 9.17) is 19.3 Å². The second-order valence-corrected chi connectivity index (χ2v) is 8.83. The lowest BCUT2D eigenvalue weighted by Crippen LogP contribution is -2.28. The van der Waals surface area contributed by atoms with Gasteiger partial charge in [0.25, 0.3) is 0 Å². The summed E-state index contributed by atoms with van der Waals surface area (Å²) in [4.78, 5) is 27.7. The van der Waals surface area contributed by atoms with E-state index < -0.39 is 11.4 Å². The second kappa shape index (κ2) is 12.6. The number of aryl methyl sites for hydroxylation is 1. The summed E-state index contributed by atoms with van der Waals surface area (Å²) < 4.78 is 17.0. The highest BCUT2D eigenvalue weighted by molar-refractivity contribution is 5.94. The summed E-state index contributed by atoms with van der Waals surface area (Å²) in [6, 6.07) is 3.60. The Morgan fingerprint density at radius 2 is 1.97 bits per heavy atom. The first-order chi connectivity index (χ1) is 14.8. The van der Waals surface area contributed by atoms with Crippen LogP contribution in [-0.2, 0) is 25.5 Å². The number of amides is 1. The maximum Gasteiger partial charge on any atom is 0.303 e. The van der Waals surface area contributed by atoms with E-state index in [1.54, 1.807) is 6.07 Å². The zero-order valence-corrected chi connectivity index (χ0v) is 18.9. The van der Waals surface area contributed by atoms with Crippen LogP contribution in [0.2, 0.25) is 0 Å². The third kappa shape index (κ3) is 9.65. The number of nitrogens with one attached hydrogen (secondary N) is 1.